The Labute approximate surface area is 171 Å². The van der Waals surface area contributed by atoms with Gasteiger partial charge in [0, 0.05) is 30.6 Å². The first kappa shape index (κ1) is 20.2. The number of nitrogens with zero attached hydrogens (tertiary/aromatic N) is 2. The maximum Gasteiger partial charge on any atom is 0.244 e. The van der Waals surface area contributed by atoms with E-state index < -0.39 is 35.0 Å². The molecule has 158 valence electrons. The van der Waals surface area contributed by atoms with Crippen LogP contribution in [0, 0.1) is 30.3 Å². The van der Waals surface area contributed by atoms with E-state index in [4.69, 9.17) is 10.5 Å². The molecule has 0 saturated heterocycles. The van der Waals surface area contributed by atoms with E-state index >= 15 is 0 Å². The molecular weight excluding hydrogens is 397 g/mol. The van der Waals surface area contributed by atoms with Crippen LogP contribution in [-0.2, 0) is 15.3 Å². The average molecular weight is 418 g/mol. The number of fused-ring (bicyclic) bond motifs is 2. The number of carbonyl (C=O) groups excluding carboxylic acids is 1. The molecule has 0 aromatic heterocycles. The van der Waals surface area contributed by atoms with Gasteiger partial charge in [0.05, 0.1) is 5.56 Å². The molecule has 0 bridgehead atoms. The summed E-state index contributed by atoms with van der Waals surface area (Å²) in [6, 6.07) is 5.51. The second kappa shape index (κ2) is 7.32. The number of carbonyl (C=O) groups is 1. The van der Waals surface area contributed by atoms with Gasteiger partial charge in [0.2, 0.25) is 17.5 Å². The molecule has 2 aliphatic rings. The fourth-order valence-electron chi connectivity index (χ4n) is 4.22. The molecule has 0 radical (unpaired) electrons. The molecule has 9 heteroatoms. The smallest absolute Gasteiger partial charge is 0.244 e. The van der Waals surface area contributed by atoms with Gasteiger partial charge < -0.3 is 15.8 Å². The molecule has 3 N–H and O–H groups in total. The van der Waals surface area contributed by atoms with Crippen molar-refractivity contribution >= 4 is 17.5 Å². The summed E-state index contributed by atoms with van der Waals surface area (Å²) in [6.07, 6.45) is 0.417. The van der Waals surface area contributed by atoms with Crippen molar-refractivity contribution < 1.29 is 22.7 Å². The van der Waals surface area contributed by atoms with Crippen LogP contribution in [0.15, 0.2) is 35.4 Å². The molecule has 0 aliphatic carbocycles. The second-order valence-electron chi connectivity index (χ2n) is 7.46. The summed E-state index contributed by atoms with van der Waals surface area (Å²) in [5.74, 6) is -3.11. The van der Waals surface area contributed by atoms with Crippen LogP contribution in [0.25, 0.3) is 0 Å². The predicted octanol–water partition coefficient (Wildman–Crippen LogP) is 3.20. The summed E-state index contributed by atoms with van der Waals surface area (Å²) < 4.78 is 48.8. The summed E-state index contributed by atoms with van der Waals surface area (Å²) in [4.78, 5) is 12.6. The van der Waals surface area contributed by atoms with Gasteiger partial charge in [0.1, 0.15) is 17.5 Å². The van der Waals surface area contributed by atoms with Crippen LogP contribution in [0.4, 0.5) is 18.9 Å². The number of ether oxygens (including phenoxy) is 1. The SMILES string of the molecule is CC(=O)N1N=C(c2cc(F)ccc2F)OC12c1cc(F)cc(C)c1NCC2CCN. The molecule has 0 fully saturated rings. The van der Waals surface area contributed by atoms with Crippen molar-refractivity contribution in [2.24, 2.45) is 16.8 Å². The number of anilines is 1. The lowest BCUT2D eigenvalue weighted by molar-refractivity contribution is -0.160. The Morgan fingerprint density at radius 1 is 1.30 bits per heavy atom. The monoisotopic (exact) mass is 418 g/mol. The van der Waals surface area contributed by atoms with Crippen molar-refractivity contribution in [3.63, 3.8) is 0 Å². The lowest BCUT2D eigenvalue weighted by atomic mass is 9.80. The Balaban J connectivity index is 1.94. The second-order valence-corrected chi connectivity index (χ2v) is 7.46. The normalized spacial score (nSPS) is 22.4. The number of amides is 1. The molecule has 0 saturated carbocycles. The minimum atomic E-state index is -1.53. The third-order valence-electron chi connectivity index (χ3n) is 5.49. The van der Waals surface area contributed by atoms with Crippen LogP contribution in [0.1, 0.15) is 30.0 Å². The van der Waals surface area contributed by atoms with Crippen LogP contribution in [0.3, 0.4) is 0 Å². The van der Waals surface area contributed by atoms with Crippen molar-refractivity contribution in [3.05, 3.63) is 64.5 Å². The Bertz CT molecular complexity index is 1060. The molecule has 1 spiro atoms. The molecular formula is C21H21F3N4O2. The molecule has 4 rings (SSSR count). The fourth-order valence-corrected chi connectivity index (χ4v) is 4.22. The third kappa shape index (κ3) is 3.00. The molecule has 30 heavy (non-hydrogen) atoms. The van der Waals surface area contributed by atoms with Gasteiger partial charge in [-0.05, 0) is 55.8 Å². The molecule has 1 amide bonds. The van der Waals surface area contributed by atoms with Crippen molar-refractivity contribution in [1.82, 2.24) is 5.01 Å². The van der Waals surface area contributed by atoms with Crippen LogP contribution in [0.2, 0.25) is 0 Å². The Kier molecular flexibility index (Phi) is 4.93. The lowest BCUT2D eigenvalue weighted by Crippen LogP contribution is -2.55. The number of halogens is 3. The first-order valence-corrected chi connectivity index (χ1v) is 9.56. The lowest BCUT2D eigenvalue weighted by Gasteiger charge is -2.45. The van der Waals surface area contributed by atoms with E-state index in [-0.39, 0.29) is 18.0 Å². The first-order valence-electron chi connectivity index (χ1n) is 9.56. The number of aryl methyl sites for hydroxylation is 1. The number of hydrogen-bond donors (Lipinski definition) is 2. The van der Waals surface area contributed by atoms with Crippen LogP contribution in [0.5, 0.6) is 0 Å². The number of nitrogens with one attached hydrogen (secondary N) is 1. The average Bonchev–Trinajstić information content (AvgIpc) is 3.08. The fraction of sp³-hybridized carbons (Fsp3) is 0.333. The molecule has 6 nitrogen and oxygen atoms in total. The number of rotatable bonds is 3. The maximum absolute atomic E-state index is 14.5. The number of nitrogens with two attached hydrogens (primary N) is 1. The molecule has 2 aliphatic heterocycles. The number of hydrogen-bond acceptors (Lipinski definition) is 5. The molecule has 2 aromatic rings. The molecule has 2 atom stereocenters. The van der Waals surface area contributed by atoms with Gasteiger partial charge in [-0.1, -0.05) is 0 Å². The minimum absolute atomic E-state index is 0.224. The molecule has 2 aromatic carbocycles. The summed E-state index contributed by atoms with van der Waals surface area (Å²) in [5.41, 5.74) is 5.61. The van der Waals surface area contributed by atoms with Crippen molar-refractivity contribution in [1.29, 1.82) is 0 Å². The third-order valence-corrected chi connectivity index (χ3v) is 5.49. The zero-order valence-corrected chi connectivity index (χ0v) is 16.5. The standard InChI is InChI=1S/C21H21F3N4O2/c1-11-7-15(23)9-17-19(11)26-10-13(5-6-25)21(17)28(12(2)29)27-20(30-21)16-8-14(22)3-4-18(16)24/h3-4,7-9,13,26H,5-6,10,25H2,1-2H3. The van der Waals surface area contributed by atoms with E-state index in [0.717, 1.165) is 23.2 Å². The predicted molar refractivity (Wildman–Crippen MR) is 105 cm³/mol. The molecule has 2 unspecified atom stereocenters. The largest absolute Gasteiger partial charge is 0.442 e. The Morgan fingerprint density at radius 2 is 2.07 bits per heavy atom. The van der Waals surface area contributed by atoms with E-state index in [1.165, 1.54) is 19.1 Å². The highest BCUT2D eigenvalue weighted by Crippen LogP contribution is 2.50. The van der Waals surface area contributed by atoms with E-state index in [2.05, 4.69) is 10.4 Å². The topological polar surface area (TPSA) is 80.0 Å². The van der Waals surface area contributed by atoms with Gasteiger partial charge in [0.25, 0.3) is 0 Å². The highest BCUT2D eigenvalue weighted by atomic mass is 19.1. The minimum Gasteiger partial charge on any atom is -0.442 e. The first-order chi connectivity index (χ1) is 14.3. The highest BCUT2D eigenvalue weighted by molar-refractivity contribution is 5.97. The van der Waals surface area contributed by atoms with Crippen LogP contribution >= 0.6 is 0 Å². The molecule has 2 heterocycles. The summed E-state index contributed by atoms with van der Waals surface area (Å²) in [5, 5.41) is 8.55. The van der Waals surface area contributed by atoms with Gasteiger partial charge in [-0.15, -0.1) is 5.10 Å². The van der Waals surface area contributed by atoms with Crippen molar-refractivity contribution in [3.8, 4) is 0 Å². The summed E-state index contributed by atoms with van der Waals surface area (Å²) in [7, 11) is 0. The van der Waals surface area contributed by atoms with E-state index in [9.17, 15) is 18.0 Å². The van der Waals surface area contributed by atoms with Crippen molar-refractivity contribution in [2.75, 3.05) is 18.4 Å². The zero-order chi connectivity index (χ0) is 21.6. The van der Waals surface area contributed by atoms with Gasteiger partial charge in [-0.2, -0.15) is 5.01 Å². The van der Waals surface area contributed by atoms with E-state index in [1.807, 2.05) is 0 Å². The van der Waals surface area contributed by atoms with Gasteiger partial charge >= 0.3 is 0 Å². The summed E-state index contributed by atoms with van der Waals surface area (Å²) >= 11 is 0. The van der Waals surface area contributed by atoms with E-state index in [1.54, 1.807) is 6.92 Å². The Morgan fingerprint density at radius 3 is 2.77 bits per heavy atom. The van der Waals surface area contributed by atoms with Gasteiger partial charge in [-0.25, -0.2) is 13.2 Å². The zero-order valence-electron chi connectivity index (χ0n) is 16.5. The van der Waals surface area contributed by atoms with E-state index in [0.29, 0.717) is 29.8 Å². The van der Waals surface area contributed by atoms with Crippen LogP contribution in [-0.4, -0.2) is 29.9 Å². The maximum atomic E-state index is 14.5. The quantitative estimate of drug-likeness (QED) is 0.802. The van der Waals surface area contributed by atoms with Gasteiger partial charge in [-0.3, -0.25) is 4.79 Å². The summed E-state index contributed by atoms with van der Waals surface area (Å²) in [6.45, 7) is 3.66. The number of hydrazone groups is 1. The Hall–Kier alpha value is -3.07. The highest BCUT2D eigenvalue weighted by Gasteiger charge is 2.57. The van der Waals surface area contributed by atoms with Crippen molar-refractivity contribution in [2.45, 2.75) is 26.0 Å². The van der Waals surface area contributed by atoms with Gasteiger partial charge in [0.15, 0.2) is 0 Å². The number of benzene rings is 2. The van der Waals surface area contributed by atoms with Crippen LogP contribution < -0.4 is 11.1 Å².